The van der Waals surface area contributed by atoms with Crippen LogP contribution in [0.15, 0.2) is 38.0 Å². The van der Waals surface area contributed by atoms with Crippen molar-refractivity contribution in [2.75, 3.05) is 28.4 Å². The number of ether oxygens (including phenoxy) is 4. The fourth-order valence-electron chi connectivity index (χ4n) is 12.4. The molecule has 11 atom stereocenters. The first-order chi connectivity index (χ1) is 30.8. The molecule has 7 rings (SSSR count). The second-order valence-corrected chi connectivity index (χ2v) is 19.1. The summed E-state index contributed by atoms with van der Waals surface area (Å²) in [5.74, 6) is -7.56. The number of esters is 4. The summed E-state index contributed by atoms with van der Waals surface area (Å²) in [5.41, 5.74) is 5.32. The SMILES string of the molecule is COC(=O)CC[C@@H]1/C2=C3\C(=O)CC[C@@H]4C3=N[C@H](CC3=N[C@@H](C[C@]56NC(=O)C[C@@]5(C)[C@H](CCC(=O)OC)C(=CC(=N2)[C@H]1CC(=O)OC)N6)[C@@H](CCC(=O)O)[C@]3(C)CC(N)=O)[C@H]4CC(=O)OC. The number of hydrogen-bond donors (Lipinski definition) is 4. The van der Waals surface area contributed by atoms with Crippen molar-refractivity contribution in [3.8, 4) is 0 Å². The maximum absolute atomic E-state index is 14.5. The molecule has 7 aliphatic rings. The number of aliphatic carboxylic acids is 1. The highest BCUT2D eigenvalue weighted by Crippen LogP contribution is 2.59. The van der Waals surface area contributed by atoms with Gasteiger partial charge in [-0.2, -0.15) is 0 Å². The molecule has 1 saturated carbocycles. The van der Waals surface area contributed by atoms with Crippen LogP contribution >= 0.6 is 0 Å². The number of nitrogens with two attached hydrogens (primary N) is 1. The van der Waals surface area contributed by atoms with E-state index in [0.717, 1.165) is 0 Å². The number of nitrogens with one attached hydrogen (secondary N) is 2. The van der Waals surface area contributed by atoms with Crippen LogP contribution in [0.5, 0.6) is 0 Å². The molecule has 2 saturated heterocycles. The summed E-state index contributed by atoms with van der Waals surface area (Å²) in [4.78, 5) is 122. The van der Waals surface area contributed by atoms with Crippen LogP contribution in [0.1, 0.15) is 104 Å². The Morgan fingerprint density at radius 1 is 0.831 bits per heavy atom. The molecule has 6 aliphatic heterocycles. The fourth-order valence-corrected chi connectivity index (χ4v) is 12.4. The molecule has 1 aliphatic carbocycles. The van der Waals surface area contributed by atoms with E-state index in [0.29, 0.717) is 34.9 Å². The first-order valence-electron chi connectivity index (χ1n) is 22.4. The summed E-state index contributed by atoms with van der Waals surface area (Å²) >= 11 is 0. The Morgan fingerprint density at radius 2 is 1.49 bits per heavy atom. The molecule has 0 aromatic heterocycles. The number of nitrogens with zero attached hydrogens (tertiary/aromatic N) is 3. The third-order valence-electron chi connectivity index (χ3n) is 15.7. The second kappa shape index (κ2) is 18.3. The summed E-state index contributed by atoms with van der Waals surface area (Å²) in [6.45, 7) is 3.81. The summed E-state index contributed by atoms with van der Waals surface area (Å²) in [6, 6.07) is -1.34. The van der Waals surface area contributed by atoms with Gasteiger partial charge in [0.15, 0.2) is 5.78 Å². The molecule has 6 heterocycles. The number of allylic oxidation sites excluding steroid dienone is 4. The van der Waals surface area contributed by atoms with E-state index < -0.39 is 99.8 Å². The van der Waals surface area contributed by atoms with Gasteiger partial charge in [-0.25, -0.2) is 0 Å². The molecule has 352 valence electrons. The molecule has 0 radical (unpaired) electrons. The maximum atomic E-state index is 14.5. The molecule has 19 heteroatoms. The number of hydrogen-bond acceptors (Lipinski definition) is 16. The monoisotopic (exact) mass is 904 g/mol. The van der Waals surface area contributed by atoms with Gasteiger partial charge >= 0.3 is 29.8 Å². The van der Waals surface area contributed by atoms with Crippen molar-refractivity contribution in [2.24, 2.45) is 67.0 Å². The normalized spacial score (nSPS) is 35.4. The van der Waals surface area contributed by atoms with Crippen LogP contribution in [-0.4, -0.2) is 116 Å². The highest BCUT2D eigenvalue weighted by Gasteiger charge is 2.66. The predicted octanol–water partition coefficient (Wildman–Crippen LogP) is 2.68. The number of primary amides is 1. The average Bonchev–Trinajstić information content (AvgIpc) is 3.95. The first kappa shape index (κ1) is 47.2. The molecule has 8 bridgehead atoms. The Hall–Kier alpha value is -5.75. The minimum absolute atomic E-state index is 0.0112. The molecule has 3 fully saturated rings. The Morgan fingerprint density at radius 3 is 2.14 bits per heavy atom. The van der Waals surface area contributed by atoms with Crippen LogP contribution in [0.2, 0.25) is 0 Å². The largest absolute Gasteiger partial charge is 0.481 e. The minimum Gasteiger partial charge on any atom is -0.481 e. The lowest BCUT2D eigenvalue weighted by Gasteiger charge is -2.42. The van der Waals surface area contributed by atoms with E-state index in [1.807, 2.05) is 19.9 Å². The molecule has 0 aromatic rings. The topological polar surface area (TPSA) is 281 Å². The van der Waals surface area contributed by atoms with Gasteiger partial charge in [0.25, 0.3) is 0 Å². The van der Waals surface area contributed by atoms with Gasteiger partial charge in [-0.05, 0) is 37.7 Å². The van der Waals surface area contributed by atoms with Crippen molar-refractivity contribution < 1.29 is 62.4 Å². The van der Waals surface area contributed by atoms with Gasteiger partial charge in [-0.15, -0.1) is 0 Å². The van der Waals surface area contributed by atoms with Crippen molar-refractivity contribution in [2.45, 2.75) is 121 Å². The standard InChI is InChI=1S/C46H60N6O13/c1-44(20-34(47)54)26(9-12-36(56)57)31-19-46-45(2,21-35(55)52-46)27(10-14-38(59)63-4)30(51-46)17-28-24(15-39(60)64-5)23(8-13-37(58)62-3)43(49-28)41-32(53)11-7-22-25(16-40(61)65-6)29(50-42(22)41)18-33(44)48-31/h17,22-27,29,31,51H,7-16,18-21H2,1-6H3,(H2,47,54)(H,52,55)(H,56,57)/b30-17?,43-41-/t22-,23-,24-,25-,26+,27+,29+,31-,44-,45-,46-/m0/s1. The van der Waals surface area contributed by atoms with Crippen molar-refractivity contribution in [3.05, 3.63) is 23.0 Å². The average molecular weight is 905 g/mol. The van der Waals surface area contributed by atoms with E-state index in [1.54, 1.807) is 0 Å². The van der Waals surface area contributed by atoms with E-state index in [1.165, 1.54) is 28.4 Å². The number of carbonyl (C=O) groups excluding carboxylic acids is 7. The van der Waals surface area contributed by atoms with Gasteiger partial charge in [0.2, 0.25) is 11.8 Å². The van der Waals surface area contributed by atoms with Crippen LogP contribution in [0.25, 0.3) is 0 Å². The molecule has 5 N–H and O–H groups in total. The van der Waals surface area contributed by atoms with Gasteiger partial charge in [0.05, 0.1) is 70.3 Å². The van der Waals surface area contributed by atoms with Gasteiger partial charge in [0.1, 0.15) is 5.66 Å². The number of Topliss-reactive ketones (excluding diaryl/α,β-unsaturated/α-hetero) is 1. The van der Waals surface area contributed by atoms with Gasteiger partial charge in [0, 0.05) is 109 Å². The van der Waals surface area contributed by atoms with Crippen molar-refractivity contribution in [1.82, 2.24) is 10.6 Å². The van der Waals surface area contributed by atoms with Crippen LogP contribution in [0, 0.1) is 46.3 Å². The molecule has 19 nitrogen and oxygen atoms in total. The van der Waals surface area contributed by atoms with Gasteiger partial charge in [-0.1, -0.05) is 13.8 Å². The zero-order valence-corrected chi connectivity index (χ0v) is 37.9. The van der Waals surface area contributed by atoms with E-state index in [2.05, 4.69) is 10.6 Å². The molecular formula is C46H60N6O13. The molecule has 2 amide bonds. The van der Waals surface area contributed by atoms with E-state index in [-0.39, 0.29) is 101 Å². The number of carboxylic acids is 1. The van der Waals surface area contributed by atoms with Crippen LogP contribution in [0.4, 0.5) is 0 Å². The summed E-state index contributed by atoms with van der Waals surface area (Å²) in [5, 5.41) is 16.9. The molecular weight excluding hydrogens is 845 g/mol. The van der Waals surface area contributed by atoms with E-state index in [9.17, 15) is 43.5 Å². The summed E-state index contributed by atoms with van der Waals surface area (Å²) in [7, 11) is 5.13. The predicted molar refractivity (Wildman–Crippen MR) is 231 cm³/mol. The highest BCUT2D eigenvalue weighted by atomic mass is 16.5. The molecule has 1 spiro atoms. The highest BCUT2D eigenvalue weighted by molar-refractivity contribution is 6.26. The van der Waals surface area contributed by atoms with Crippen molar-refractivity contribution >= 4 is 64.6 Å². The van der Waals surface area contributed by atoms with Crippen LogP contribution < -0.4 is 16.4 Å². The number of fused-ring (bicyclic) bond motifs is 4. The van der Waals surface area contributed by atoms with Gasteiger partial charge in [-0.3, -0.25) is 53.3 Å². The molecule has 0 aromatic carbocycles. The number of carboxylic acid groups (broad SMARTS) is 1. The van der Waals surface area contributed by atoms with Crippen molar-refractivity contribution in [1.29, 1.82) is 0 Å². The zero-order chi connectivity index (χ0) is 47.2. The number of methoxy groups -OCH3 is 4. The lowest BCUT2D eigenvalue weighted by atomic mass is 9.63. The number of carbonyl (C=O) groups is 8. The Balaban J connectivity index is 1.52. The lowest BCUT2D eigenvalue weighted by molar-refractivity contribution is -0.143. The Labute approximate surface area is 376 Å². The van der Waals surface area contributed by atoms with Crippen molar-refractivity contribution in [3.63, 3.8) is 0 Å². The number of rotatable bonds is 15. The Bertz CT molecular complexity index is 2230. The van der Waals surface area contributed by atoms with E-state index >= 15 is 0 Å². The third-order valence-corrected chi connectivity index (χ3v) is 15.7. The van der Waals surface area contributed by atoms with Gasteiger partial charge < -0.3 is 40.4 Å². The van der Waals surface area contributed by atoms with E-state index in [4.69, 9.17) is 39.7 Å². The number of aliphatic imine (C=N–C) groups is 3. The Kier molecular flexibility index (Phi) is 13.3. The second-order valence-electron chi connectivity index (χ2n) is 19.1. The van der Waals surface area contributed by atoms with Crippen LogP contribution in [0.3, 0.4) is 0 Å². The maximum Gasteiger partial charge on any atom is 0.306 e. The zero-order valence-electron chi connectivity index (χ0n) is 37.9. The molecule has 65 heavy (non-hydrogen) atoms. The first-order valence-corrected chi connectivity index (χ1v) is 22.4. The summed E-state index contributed by atoms with van der Waals surface area (Å²) in [6.07, 6.45) is 2.34. The lowest BCUT2D eigenvalue weighted by Crippen LogP contribution is -2.59. The fraction of sp³-hybridized carbons (Fsp3) is 0.674. The number of ketones is 1. The number of amides is 2. The quantitative estimate of drug-likeness (QED) is 0.136. The molecule has 0 unspecified atom stereocenters. The summed E-state index contributed by atoms with van der Waals surface area (Å²) < 4.78 is 20.5. The van der Waals surface area contributed by atoms with Crippen LogP contribution in [-0.2, 0) is 57.3 Å². The smallest absolute Gasteiger partial charge is 0.306 e. The minimum atomic E-state index is -1.24. The third kappa shape index (κ3) is 8.62.